The topological polar surface area (TPSA) is 67.1 Å². The molecule has 1 atom stereocenters. The molecular weight excluding hydrogens is 531 g/mol. The maximum Gasteiger partial charge on any atom is 0.191 e. The molecule has 152 valence electrons. The van der Waals surface area contributed by atoms with Gasteiger partial charge in [0.1, 0.15) is 5.82 Å². The van der Waals surface area contributed by atoms with Gasteiger partial charge in [-0.25, -0.2) is 9.67 Å². The number of rotatable bonds is 5. The third-order valence-corrected chi connectivity index (χ3v) is 6.37. The van der Waals surface area contributed by atoms with Crippen LogP contribution in [-0.4, -0.2) is 40.4 Å². The van der Waals surface area contributed by atoms with Crippen molar-refractivity contribution in [3.05, 3.63) is 46.0 Å². The SMILES string of the molecule is CCc1nc2n(n1)CC(NC(=NC)NCC1(c3ccccc3Br)CC1)CC2.I. The summed E-state index contributed by atoms with van der Waals surface area (Å²) in [6, 6.07) is 8.88. The Kier molecular flexibility index (Phi) is 7.01. The molecule has 28 heavy (non-hydrogen) atoms. The van der Waals surface area contributed by atoms with Crippen LogP contribution in [0.2, 0.25) is 0 Å². The summed E-state index contributed by atoms with van der Waals surface area (Å²) in [6.07, 6.45) is 5.33. The van der Waals surface area contributed by atoms with Crippen LogP contribution in [0.1, 0.15) is 43.4 Å². The van der Waals surface area contributed by atoms with Crippen molar-refractivity contribution in [2.75, 3.05) is 13.6 Å². The maximum absolute atomic E-state index is 4.60. The lowest BCUT2D eigenvalue weighted by Gasteiger charge is -2.26. The molecule has 0 bridgehead atoms. The van der Waals surface area contributed by atoms with Crippen molar-refractivity contribution in [1.29, 1.82) is 0 Å². The van der Waals surface area contributed by atoms with Gasteiger partial charge in [-0.1, -0.05) is 41.1 Å². The van der Waals surface area contributed by atoms with Gasteiger partial charge in [0.05, 0.1) is 6.54 Å². The van der Waals surface area contributed by atoms with E-state index in [1.54, 1.807) is 0 Å². The molecule has 0 amide bonds. The fraction of sp³-hybridized carbons (Fsp3) is 0.550. The third kappa shape index (κ3) is 4.53. The highest BCUT2D eigenvalue weighted by Gasteiger charge is 2.45. The second-order valence-electron chi connectivity index (χ2n) is 7.55. The fourth-order valence-corrected chi connectivity index (χ4v) is 4.56. The van der Waals surface area contributed by atoms with Crippen molar-refractivity contribution >= 4 is 45.9 Å². The second-order valence-corrected chi connectivity index (χ2v) is 8.40. The van der Waals surface area contributed by atoms with Gasteiger partial charge in [0, 0.05) is 42.4 Å². The van der Waals surface area contributed by atoms with Gasteiger partial charge in [-0.3, -0.25) is 4.99 Å². The number of nitrogens with zero attached hydrogens (tertiary/aromatic N) is 4. The predicted molar refractivity (Wildman–Crippen MR) is 126 cm³/mol. The van der Waals surface area contributed by atoms with Crippen LogP contribution in [0.5, 0.6) is 0 Å². The van der Waals surface area contributed by atoms with E-state index in [1.165, 1.54) is 22.9 Å². The summed E-state index contributed by atoms with van der Waals surface area (Å²) < 4.78 is 3.25. The summed E-state index contributed by atoms with van der Waals surface area (Å²) in [6.45, 7) is 3.84. The van der Waals surface area contributed by atoms with Crippen LogP contribution >= 0.6 is 39.9 Å². The van der Waals surface area contributed by atoms with Crippen LogP contribution in [0, 0.1) is 0 Å². The van der Waals surface area contributed by atoms with Crippen LogP contribution < -0.4 is 10.6 Å². The highest BCUT2D eigenvalue weighted by Crippen LogP contribution is 2.49. The number of nitrogens with one attached hydrogen (secondary N) is 2. The number of benzene rings is 1. The molecule has 1 aliphatic heterocycles. The molecule has 1 saturated carbocycles. The van der Waals surface area contributed by atoms with E-state index in [0.29, 0.717) is 6.04 Å². The van der Waals surface area contributed by atoms with Crippen LogP contribution in [0.3, 0.4) is 0 Å². The van der Waals surface area contributed by atoms with Gasteiger partial charge in [-0.2, -0.15) is 5.10 Å². The lowest BCUT2D eigenvalue weighted by atomic mass is 9.96. The molecular formula is C20H28BrIN6. The Balaban J connectivity index is 0.00000225. The summed E-state index contributed by atoms with van der Waals surface area (Å²) in [4.78, 5) is 9.04. The smallest absolute Gasteiger partial charge is 0.191 e. The van der Waals surface area contributed by atoms with E-state index >= 15 is 0 Å². The van der Waals surface area contributed by atoms with Gasteiger partial charge >= 0.3 is 0 Å². The lowest BCUT2D eigenvalue weighted by Crippen LogP contribution is -2.48. The Labute approximate surface area is 192 Å². The molecule has 2 N–H and O–H groups in total. The molecule has 0 saturated heterocycles. The molecule has 1 aliphatic carbocycles. The third-order valence-electron chi connectivity index (χ3n) is 5.68. The van der Waals surface area contributed by atoms with E-state index in [2.05, 4.69) is 77.5 Å². The van der Waals surface area contributed by atoms with Gasteiger partial charge in [-0.05, 0) is 30.9 Å². The first kappa shape index (κ1) is 21.5. The van der Waals surface area contributed by atoms with Gasteiger partial charge < -0.3 is 10.6 Å². The van der Waals surface area contributed by atoms with Crippen molar-refractivity contribution in [3.8, 4) is 0 Å². The second kappa shape index (κ2) is 9.11. The zero-order chi connectivity index (χ0) is 18.9. The summed E-state index contributed by atoms with van der Waals surface area (Å²) in [5.41, 5.74) is 1.62. The molecule has 6 nitrogen and oxygen atoms in total. The minimum atomic E-state index is 0. The van der Waals surface area contributed by atoms with Crippen LogP contribution in [-0.2, 0) is 24.8 Å². The number of aliphatic imine (C=N–C) groups is 1. The van der Waals surface area contributed by atoms with Crippen LogP contribution in [0.25, 0.3) is 0 Å². The average Bonchev–Trinajstić information content (AvgIpc) is 3.36. The Hall–Kier alpha value is -1.16. The molecule has 1 aromatic heterocycles. The number of guanidine groups is 1. The zero-order valence-corrected chi connectivity index (χ0v) is 20.3. The summed E-state index contributed by atoms with van der Waals surface area (Å²) in [5, 5.41) is 11.7. The van der Waals surface area contributed by atoms with Crippen molar-refractivity contribution < 1.29 is 0 Å². The number of fused-ring (bicyclic) bond motifs is 1. The molecule has 1 unspecified atom stereocenters. The number of aryl methyl sites for hydroxylation is 2. The minimum absolute atomic E-state index is 0. The largest absolute Gasteiger partial charge is 0.356 e. The molecule has 2 aromatic rings. The first-order chi connectivity index (χ1) is 13.1. The van der Waals surface area contributed by atoms with Gasteiger partial charge in [0.15, 0.2) is 11.8 Å². The molecule has 0 spiro atoms. The number of halogens is 2. The average molecular weight is 559 g/mol. The molecule has 2 heterocycles. The van der Waals surface area contributed by atoms with E-state index in [0.717, 1.165) is 50.0 Å². The van der Waals surface area contributed by atoms with Crippen LogP contribution in [0.4, 0.5) is 0 Å². The predicted octanol–water partition coefficient (Wildman–Crippen LogP) is 3.43. The molecule has 1 aromatic carbocycles. The number of aromatic nitrogens is 3. The van der Waals surface area contributed by atoms with Crippen molar-refractivity contribution in [2.45, 2.75) is 57.0 Å². The zero-order valence-electron chi connectivity index (χ0n) is 16.4. The van der Waals surface area contributed by atoms with Gasteiger partial charge in [0.2, 0.25) is 0 Å². The standard InChI is InChI=1S/C20H27BrN6.HI/c1-3-17-25-18-9-8-14(12-27(18)26-17)24-19(22-2)23-13-20(10-11-20)15-6-4-5-7-16(15)21;/h4-7,14H,3,8-13H2,1-2H3,(H2,22,23,24);1H. The van der Waals surface area contributed by atoms with Crippen molar-refractivity contribution in [1.82, 2.24) is 25.4 Å². The van der Waals surface area contributed by atoms with Gasteiger partial charge in [-0.15, -0.1) is 24.0 Å². The summed E-state index contributed by atoms with van der Waals surface area (Å²) in [5.74, 6) is 2.92. The Morgan fingerprint density at radius 1 is 1.36 bits per heavy atom. The van der Waals surface area contributed by atoms with E-state index in [4.69, 9.17) is 0 Å². The molecule has 0 radical (unpaired) electrons. The van der Waals surface area contributed by atoms with E-state index in [9.17, 15) is 0 Å². The van der Waals surface area contributed by atoms with Crippen LogP contribution in [0.15, 0.2) is 33.7 Å². The monoisotopic (exact) mass is 558 g/mol. The highest BCUT2D eigenvalue weighted by molar-refractivity contribution is 14.0. The normalized spacial score (nSPS) is 20.1. The molecule has 4 rings (SSSR count). The Morgan fingerprint density at radius 2 is 2.14 bits per heavy atom. The lowest BCUT2D eigenvalue weighted by molar-refractivity contribution is 0.391. The fourth-order valence-electron chi connectivity index (χ4n) is 3.85. The summed E-state index contributed by atoms with van der Waals surface area (Å²) in [7, 11) is 1.84. The van der Waals surface area contributed by atoms with E-state index in [1.807, 2.05) is 7.05 Å². The quantitative estimate of drug-likeness (QED) is 0.335. The molecule has 8 heteroatoms. The van der Waals surface area contributed by atoms with E-state index in [-0.39, 0.29) is 29.4 Å². The number of hydrogen-bond acceptors (Lipinski definition) is 3. The Morgan fingerprint density at radius 3 is 2.82 bits per heavy atom. The first-order valence-electron chi connectivity index (χ1n) is 9.78. The maximum atomic E-state index is 4.60. The molecule has 2 aliphatic rings. The first-order valence-corrected chi connectivity index (χ1v) is 10.6. The van der Waals surface area contributed by atoms with Crippen molar-refractivity contribution in [3.63, 3.8) is 0 Å². The highest BCUT2D eigenvalue weighted by atomic mass is 127. The minimum Gasteiger partial charge on any atom is -0.356 e. The van der Waals surface area contributed by atoms with Crippen molar-refractivity contribution in [2.24, 2.45) is 4.99 Å². The Bertz CT molecular complexity index is 845. The van der Waals surface area contributed by atoms with E-state index < -0.39 is 0 Å². The molecule has 1 fully saturated rings. The summed E-state index contributed by atoms with van der Waals surface area (Å²) >= 11 is 3.71. The van der Waals surface area contributed by atoms with Gasteiger partial charge in [0.25, 0.3) is 0 Å². The number of hydrogen-bond donors (Lipinski definition) is 2.